The lowest BCUT2D eigenvalue weighted by atomic mass is 10.0. The Morgan fingerprint density at radius 2 is 0.672 bits per heavy atom. The molecule has 0 aliphatic carbocycles. The third kappa shape index (κ3) is 5.05. The van der Waals surface area contributed by atoms with Gasteiger partial charge in [-0.15, -0.1) is 0 Å². The molecule has 14 rings (SSSR count). The number of para-hydroxylation sites is 4. The first-order valence-corrected chi connectivity index (χ1v) is 21.9. The van der Waals surface area contributed by atoms with Gasteiger partial charge in [0.2, 0.25) is 0 Å². The molecule has 0 atom stereocenters. The van der Waals surface area contributed by atoms with Crippen molar-refractivity contribution < 1.29 is 4.42 Å². The van der Waals surface area contributed by atoms with Crippen LogP contribution in [0.5, 0.6) is 0 Å². The molecule has 298 valence electrons. The average molecular weight is 816 g/mol. The van der Waals surface area contributed by atoms with Crippen molar-refractivity contribution in [2.75, 3.05) is 0 Å². The smallest absolute Gasteiger partial charge is 0.159 e. The average Bonchev–Trinajstić information content (AvgIpc) is 4.10. The van der Waals surface area contributed by atoms with E-state index in [2.05, 4.69) is 238 Å². The Morgan fingerprint density at radius 1 is 0.250 bits per heavy atom. The van der Waals surface area contributed by atoms with Gasteiger partial charge in [-0.05, 0) is 101 Å². The maximum atomic E-state index is 7.12. The summed E-state index contributed by atoms with van der Waals surface area (Å²) in [7, 11) is 0. The van der Waals surface area contributed by atoms with Crippen LogP contribution in [-0.2, 0) is 0 Å². The van der Waals surface area contributed by atoms with Crippen molar-refractivity contribution >= 4 is 87.4 Å². The zero-order valence-corrected chi connectivity index (χ0v) is 34.6. The van der Waals surface area contributed by atoms with Crippen LogP contribution in [0.4, 0.5) is 0 Å². The van der Waals surface area contributed by atoms with Gasteiger partial charge in [-0.3, -0.25) is 0 Å². The second-order valence-electron chi connectivity index (χ2n) is 16.9. The van der Waals surface area contributed by atoms with Crippen LogP contribution < -0.4 is 0 Å². The first-order valence-electron chi connectivity index (χ1n) is 21.9. The van der Waals surface area contributed by atoms with E-state index in [1.54, 1.807) is 0 Å². The number of furan rings is 1. The Kier molecular flexibility index (Phi) is 7.36. The molecule has 0 N–H and O–H groups in total. The molecule has 10 aromatic carbocycles. The third-order valence-corrected chi connectivity index (χ3v) is 13.4. The fraction of sp³-hybridized carbons (Fsp3) is 0. The van der Waals surface area contributed by atoms with E-state index in [0.29, 0.717) is 0 Å². The van der Waals surface area contributed by atoms with Crippen LogP contribution in [0.1, 0.15) is 0 Å². The summed E-state index contributed by atoms with van der Waals surface area (Å²) in [5, 5.41) is 9.44. The molecule has 4 heterocycles. The van der Waals surface area contributed by atoms with E-state index in [-0.39, 0.29) is 0 Å². The number of hydrogen-bond donors (Lipinski definition) is 0. The topological polar surface area (TPSA) is 27.9 Å². The first-order chi connectivity index (χ1) is 31.7. The molecule has 4 nitrogen and oxygen atoms in total. The number of nitrogens with zero attached hydrogens (tertiary/aromatic N) is 3. The number of rotatable bonds is 5. The lowest BCUT2D eigenvalue weighted by Gasteiger charge is -2.14. The highest BCUT2D eigenvalue weighted by Gasteiger charge is 2.23. The quantitative estimate of drug-likeness (QED) is 0.170. The first kappa shape index (κ1) is 35.0. The van der Waals surface area contributed by atoms with Crippen molar-refractivity contribution in [3.63, 3.8) is 0 Å². The molecular formula is C60H37N3O. The van der Waals surface area contributed by atoms with E-state index in [0.717, 1.165) is 61.1 Å². The molecule has 0 spiro atoms. The van der Waals surface area contributed by atoms with E-state index in [9.17, 15) is 0 Å². The van der Waals surface area contributed by atoms with Gasteiger partial charge in [0, 0.05) is 54.5 Å². The molecular weight excluding hydrogens is 779 g/mol. The normalized spacial score (nSPS) is 12.1. The lowest BCUT2D eigenvalue weighted by molar-refractivity contribution is 0.666. The maximum Gasteiger partial charge on any atom is 0.159 e. The SMILES string of the molecule is c1ccc(-c2ccc3c(c2)c2ccccc2n3-c2ccc3oc4c(-n5c6ccccc6c6cc(-c7ccccc7)ccc65)cc(-n5c6ccccc6c6ccccc65)cc4c3c2)cc1. The molecule has 0 aliphatic rings. The van der Waals surface area contributed by atoms with Crippen molar-refractivity contribution in [3.8, 4) is 39.3 Å². The molecule has 4 heteroatoms. The molecule has 0 unspecified atom stereocenters. The highest BCUT2D eigenvalue weighted by molar-refractivity contribution is 6.16. The maximum absolute atomic E-state index is 7.12. The molecule has 64 heavy (non-hydrogen) atoms. The molecule has 0 fully saturated rings. The molecule has 0 radical (unpaired) electrons. The van der Waals surface area contributed by atoms with E-state index in [4.69, 9.17) is 4.42 Å². The fourth-order valence-electron chi connectivity index (χ4n) is 10.6. The Balaban J connectivity index is 1.07. The Bertz CT molecular complexity index is 4130. The minimum absolute atomic E-state index is 0.846. The predicted molar refractivity (Wildman–Crippen MR) is 268 cm³/mol. The number of aromatic nitrogens is 3. The summed E-state index contributed by atoms with van der Waals surface area (Å²) in [5.41, 5.74) is 16.6. The van der Waals surface area contributed by atoms with Crippen LogP contribution >= 0.6 is 0 Å². The van der Waals surface area contributed by atoms with Gasteiger partial charge in [0.15, 0.2) is 5.58 Å². The molecule has 0 aliphatic heterocycles. The largest absolute Gasteiger partial charge is 0.454 e. The van der Waals surface area contributed by atoms with E-state index in [1.165, 1.54) is 65.6 Å². The van der Waals surface area contributed by atoms with Gasteiger partial charge in [-0.25, -0.2) is 0 Å². The van der Waals surface area contributed by atoms with Gasteiger partial charge in [-0.2, -0.15) is 0 Å². The Hall–Kier alpha value is -8.60. The summed E-state index contributed by atoms with van der Waals surface area (Å²) < 4.78 is 14.4. The van der Waals surface area contributed by atoms with Crippen LogP contribution in [0.3, 0.4) is 0 Å². The summed E-state index contributed by atoms with van der Waals surface area (Å²) in [5.74, 6) is 0. The summed E-state index contributed by atoms with van der Waals surface area (Å²) in [6, 6.07) is 81.4. The zero-order valence-electron chi connectivity index (χ0n) is 34.6. The summed E-state index contributed by atoms with van der Waals surface area (Å²) >= 11 is 0. The Labute approximate surface area is 367 Å². The van der Waals surface area contributed by atoms with E-state index in [1.807, 2.05) is 0 Å². The molecule has 0 amide bonds. The van der Waals surface area contributed by atoms with Gasteiger partial charge in [0.1, 0.15) is 5.58 Å². The van der Waals surface area contributed by atoms with Crippen LogP contribution in [0, 0.1) is 0 Å². The molecule has 0 saturated heterocycles. The van der Waals surface area contributed by atoms with Crippen LogP contribution in [0.25, 0.3) is 127 Å². The minimum atomic E-state index is 0.846. The molecule has 4 aromatic heterocycles. The molecule has 0 bridgehead atoms. The van der Waals surface area contributed by atoms with Crippen molar-refractivity contribution in [3.05, 3.63) is 224 Å². The predicted octanol–water partition coefficient (Wildman–Crippen LogP) is 16.2. The lowest BCUT2D eigenvalue weighted by Crippen LogP contribution is -1.99. The van der Waals surface area contributed by atoms with Crippen molar-refractivity contribution in [1.29, 1.82) is 0 Å². The zero-order chi connectivity index (χ0) is 41.9. The minimum Gasteiger partial charge on any atom is -0.454 e. The van der Waals surface area contributed by atoms with Gasteiger partial charge < -0.3 is 18.1 Å². The number of benzene rings is 10. The van der Waals surface area contributed by atoms with Crippen molar-refractivity contribution in [1.82, 2.24) is 13.7 Å². The Morgan fingerprint density at radius 3 is 1.22 bits per heavy atom. The standard InChI is InChI=1S/C60H37N3O/c1-3-15-38(16-4-1)40-27-30-56-48(33-40)46-21-9-13-25-54(46)61(56)42-29-32-59-50(35-42)51-36-43(62-52-23-11-7-19-44(52)45-20-8-12-24-53(45)62)37-58(60(51)64-59)63-55-26-14-10-22-47(55)49-34-41(28-31-57(49)63)39-17-5-2-6-18-39/h1-37H. The highest BCUT2D eigenvalue weighted by Crippen LogP contribution is 2.43. The van der Waals surface area contributed by atoms with Gasteiger partial charge >= 0.3 is 0 Å². The van der Waals surface area contributed by atoms with E-state index >= 15 is 0 Å². The molecule has 14 aromatic rings. The number of hydrogen-bond acceptors (Lipinski definition) is 1. The van der Waals surface area contributed by atoms with Crippen LogP contribution in [-0.4, -0.2) is 13.7 Å². The van der Waals surface area contributed by atoms with Gasteiger partial charge in [0.25, 0.3) is 0 Å². The van der Waals surface area contributed by atoms with E-state index < -0.39 is 0 Å². The second kappa shape index (κ2) is 13.4. The van der Waals surface area contributed by atoms with Gasteiger partial charge in [-0.1, -0.05) is 146 Å². The number of fused-ring (bicyclic) bond motifs is 12. The van der Waals surface area contributed by atoms with Gasteiger partial charge in [0.05, 0.1) is 38.8 Å². The summed E-state index contributed by atoms with van der Waals surface area (Å²) in [6.07, 6.45) is 0. The highest BCUT2D eigenvalue weighted by atomic mass is 16.3. The molecule has 0 saturated carbocycles. The van der Waals surface area contributed by atoms with Crippen LogP contribution in [0.15, 0.2) is 229 Å². The fourth-order valence-corrected chi connectivity index (χ4v) is 10.6. The van der Waals surface area contributed by atoms with Crippen molar-refractivity contribution in [2.24, 2.45) is 0 Å². The summed E-state index contributed by atoms with van der Waals surface area (Å²) in [4.78, 5) is 0. The summed E-state index contributed by atoms with van der Waals surface area (Å²) in [6.45, 7) is 0. The third-order valence-electron chi connectivity index (χ3n) is 13.4. The van der Waals surface area contributed by atoms with Crippen LogP contribution in [0.2, 0.25) is 0 Å². The second-order valence-corrected chi connectivity index (χ2v) is 16.9. The monoisotopic (exact) mass is 815 g/mol. The van der Waals surface area contributed by atoms with Crippen molar-refractivity contribution in [2.45, 2.75) is 0 Å².